The van der Waals surface area contributed by atoms with Crippen LogP contribution in [0.25, 0.3) is 0 Å². The number of carbonyl (C=O) groups is 1. The highest BCUT2D eigenvalue weighted by Crippen LogP contribution is 2.00. The van der Waals surface area contributed by atoms with Gasteiger partial charge in [0.1, 0.15) is 5.82 Å². The van der Waals surface area contributed by atoms with E-state index in [-0.39, 0.29) is 11.9 Å². The van der Waals surface area contributed by atoms with Crippen LogP contribution in [-0.4, -0.2) is 29.2 Å². The van der Waals surface area contributed by atoms with E-state index >= 15 is 0 Å². The van der Waals surface area contributed by atoms with Gasteiger partial charge in [0.25, 0.3) is 5.91 Å². The summed E-state index contributed by atoms with van der Waals surface area (Å²) < 4.78 is 0. The molecule has 0 unspecified atom stereocenters. The number of carbonyl (C=O) groups excluding carboxylic acids is 1. The highest BCUT2D eigenvalue weighted by Gasteiger charge is 2.08. The summed E-state index contributed by atoms with van der Waals surface area (Å²) in [6, 6.07) is 3.45. The predicted molar refractivity (Wildman–Crippen MR) is 54.2 cm³/mol. The number of amides is 1. The topological polar surface area (TPSA) is 66.9 Å². The molecule has 1 aromatic rings. The minimum absolute atomic E-state index is 0.105. The zero-order valence-electron chi connectivity index (χ0n) is 8.53. The molecule has 5 heteroatoms. The first-order chi connectivity index (χ1) is 6.63. The second-order valence-electron chi connectivity index (χ2n) is 3.18. The minimum atomic E-state index is -0.199. The molecule has 14 heavy (non-hydrogen) atoms. The van der Waals surface area contributed by atoms with Gasteiger partial charge in [-0.1, -0.05) is 0 Å². The molecule has 1 aromatic heterocycles. The van der Waals surface area contributed by atoms with Crippen molar-refractivity contribution >= 4 is 11.7 Å². The number of nitrogens with zero attached hydrogens (tertiary/aromatic N) is 2. The lowest BCUT2D eigenvalue weighted by Crippen LogP contribution is -2.30. The first-order valence-electron chi connectivity index (χ1n) is 4.46. The second-order valence-corrected chi connectivity index (χ2v) is 3.18. The van der Waals surface area contributed by atoms with Crippen molar-refractivity contribution in [2.24, 2.45) is 0 Å². The van der Waals surface area contributed by atoms with Gasteiger partial charge in [0.05, 0.1) is 0 Å². The molecule has 0 aliphatic rings. The zero-order chi connectivity index (χ0) is 10.6. The molecule has 5 nitrogen and oxygen atoms in total. The van der Waals surface area contributed by atoms with E-state index in [0.717, 1.165) is 0 Å². The van der Waals surface area contributed by atoms with Gasteiger partial charge in [0, 0.05) is 13.1 Å². The van der Waals surface area contributed by atoms with Gasteiger partial charge in [0.15, 0.2) is 5.69 Å². The standard InChI is InChI=1S/C9H14N4O/c1-6(2)11-9(14)7-4-5-8(10-3)13-12-7/h4-6H,1-3H3,(H,10,13)(H,11,14). The van der Waals surface area contributed by atoms with Gasteiger partial charge >= 0.3 is 0 Å². The van der Waals surface area contributed by atoms with Crippen molar-refractivity contribution in [1.82, 2.24) is 15.5 Å². The Bertz CT molecular complexity index is 307. The van der Waals surface area contributed by atoms with Crippen molar-refractivity contribution in [3.63, 3.8) is 0 Å². The lowest BCUT2D eigenvalue weighted by Gasteiger charge is -2.06. The molecule has 0 spiro atoms. The number of aromatic nitrogens is 2. The number of hydrogen-bond acceptors (Lipinski definition) is 4. The fraction of sp³-hybridized carbons (Fsp3) is 0.444. The summed E-state index contributed by atoms with van der Waals surface area (Å²) in [5.41, 5.74) is 0.331. The summed E-state index contributed by atoms with van der Waals surface area (Å²) in [7, 11) is 1.75. The summed E-state index contributed by atoms with van der Waals surface area (Å²) in [4.78, 5) is 11.4. The Hall–Kier alpha value is -1.65. The first kappa shape index (κ1) is 10.4. The Kier molecular flexibility index (Phi) is 3.39. The van der Waals surface area contributed by atoms with Crippen LogP contribution in [0.3, 0.4) is 0 Å². The molecule has 0 saturated heterocycles. The van der Waals surface area contributed by atoms with E-state index in [9.17, 15) is 4.79 Å². The van der Waals surface area contributed by atoms with Crippen LogP contribution in [0.1, 0.15) is 24.3 Å². The molecule has 0 aliphatic heterocycles. The largest absolute Gasteiger partial charge is 0.372 e. The van der Waals surface area contributed by atoms with Crippen molar-refractivity contribution in [3.05, 3.63) is 17.8 Å². The van der Waals surface area contributed by atoms with E-state index in [4.69, 9.17) is 0 Å². The maximum absolute atomic E-state index is 11.4. The molecule has 1 heterocycles. The molecule has 0 saturated carbocycles. The summed E-state index contributed by atoms with van der Waals surface area (Å²) in [5.74, 6) is 0.446. The molecule has 0 aromatic carbocycles. The van der Waals surface area contributed by atoms with Crippen LogP contribution in [0.4, 0.5) is 5.82 Å². The van der Waals surface area contributed by atoms with Crippen LogP contribution in [0.5, 0.6) is 0 Å². The van der Waals surface area contributed by atoms with Crippen LogP contribution in [0.15, 0.2) is 12.1 Å². The van der Waals surface area contributed by atoms with Gasteiger partial charge < -0.3 is 10.6 Å². The van der Waals surface area contributed by atoms with Crippen LogP contribution < -0.4 is 10.6 Å². The third kappa shape index (κ3) is 2.69. The van der Waals surface area contributed by atoms with Crippen molar-refractivity contribution in [3.8, 4) is 0 Å². The fourth-order valence-electron chi connectivity index (χ4n) is 0.923. The Morgan fingerprint density at radius 3 is 2.50 bits per heavy atom. The number of rotatable bonds is 3. The highest BCUT2D eigenvalue weighted by atomic mass is 16.1. The van der Waals surface area contributed by atoms with Crippen molar-refractivity contribution in [2.75, 3.05) is 12.4 Å². The Morgan fingerprint density at radius 1 is 1.36 bits per heavy atom. The van der Waals surface area contributed by atoms with Gasteiger partial charge in [-0.3, -0.25) is 4.79 Å². The van der Waals surface area contributed by atoms with E-state index in [2.05, 4.69) is 20.8 Å². The van der Waals surface area contributed by atoms with Crippen LogP contribution in [0.2, 0.25) is 0 Å². The highest BCUT2D eigenvalue weighted by molar-refractivity contribution is 5.92. The molecule has 0 aliphatic carbocycles. The molecule has 0 atom stereocenters. The second kappa shape index (κ2) is 4.55. The van der Waals surface area contributed by atoms with Crippen molar-refractivity contribution in [1.29, 1.82) is 0 Å². The molecular weight excluding hydrogens is 180 g/mol. The lowest BCUT2D eigenvalue weighted by molar-refractivity contribution is 0.0937. The van der Waals surface area contributed by atoms with Crippen molar-refractivity contribution in [2.45, 2.75) is 19.9 Å². The third-order valence-electron chi connectivity index (χ3n) is 1.57. The van der Waals surface area contributed by atoms with Crippen LogP contribution >= 0.6 is 0 Å². The zero-order valence-corrected chi connectivity index (χ0v) is 8.53. The third-order valence-corrected chi connectivity index (χ3v) is 1.57. The summed E-state index contributed by atoms with van der Waals surface area (Å²) in [6.07, 6.45) is 0. The van der Waals surface area contributed by atoms with Gasteiger partial charge in [0.2, 0.25) is 0 Å². The van der Waals surface area contributed by atoms with Crippen molar-refractivity contribution < 1.29 is 4.79 Å². The molecule has 76 valence electrons. The van der Waals surface area contributed by atoms with E-state index < -0.39 is 0 Å². The molecule has 2 N–H and O–H groups in total. The molecule has 1 rings (SSSR count). The maximum atomic E-state index is 11.4. The molecular formula is C9H14N4O. The SMILES string of the molecule is CNc1ccc(C(=O)NC(C)C)nn1. The number of hydrogen-bond donors (Lipinski definition) is 2. The summed E-state index contributed by atoms with van der Waals surface area (Å²) in [6.45, 7) is 3.79. The van der Waals surface area contributed by atoms with Crippen LogP contribution in [0, 0.1) is 0 Å². The molecule has 0 fully saturated rings. The fourth-order valence-corrected chi connectivity index (χ4v) is 0.923. The predicted octanol–water partition coefficient (Wildman–Crippen LogP) is 0.656. The molecule has 0 radical (unpaired) electrons. The van der Waals surface area contributed by atoms with Gasteiger partial charge in [-0.25, -0.2) is 0 Å². The number of anilines is 1. The Balaban J connectivity index is 2.71. The number of nitrogens with one attached hydrogen (secondary N) is 2. The van der Waals surface area contributed by atoms with Gasteiger partial charge in [-0.2, -0.15) is 0 Å². The average molecular weight is 194 g/mol. The Morgan fingerprint density at radius 2 is 2.07 bits per heavy atom. The maximum Gasteiger partial charge on any atom is 0.271 e. The smallest absolute Gasteiger partial charge is 0.271 e. The van der Waals surface area contributed by atoms with E-state index in [1.807, 2.05) is 13.8 Å². The Labute approximate surface area is 82.9 Å². The van der Waals surface area contributed by atoms with Crippen LogP contribution in [-0.2, 0) is 0 Å². The first-order valence-corrected chi connectivity index (χ1v) is 4.46. The molecule has 1 amide bonds. The van der Waals surface area contributed by atoms with E-state index in [1.165, 1.54) is 0 Å². The lowest BCUT2D eigenvalue weighted by atomic mass is 10.3. The van der Waals surface area contributed by atoms with Gasteiger partial charge in [-0.15, -0.1) is 10.2 Å². The molecule has 0 bridgehead atoms. The minimum Gasteiger partial charge on any atom is -0.372 e. The average Bonchev–Trinajstić information content (AvgIpc) is 2.17. The normalized spacial score (nSPS) is 10.0. The summed E-state index contributed by atoms with van der Waals surface area (Å²) in [5, 5.41) is 13.1. The monoisotopic (exact) mass is 194 g/mol. The van der Waals surface area contributed by atoms with Gasteiger partial charge in [-0.05, 0) is 26.0 Å². The van der Waals surface area contributed by atoms with E-state index in [0.29, 0.717) is 11.5 Å². The van der Waals surface area contributed by atoms with E-state index in [1.54, 1.807) is 19.2 Å². The quantitative estimate of drug-likeness (QED) is 0.741. The summed E-state index contributed by atoms with van der Waals surface area (Å²) >= 11 is 0.